The number of aryl methyl sites for hydroxylation is 1. The van der Waals surface area contributed by atoms with Gasteiger partial charge in [-0.05, 0) is 6.92 Å². The van der Waals surface area contributed by atoms with Crippen LogP contribution in [0.15, 0.2) is 0 Å². The molecule has 0 radical (unpaired) electrons. The van der Waals surface area contributed by atoms with Crippen LogP contribution in [0, 0.1) is 6.92 Å². The second-order valence-electron chi connectivity index (χ2n) is 3.94. The van der Waals surface area contributed by atoms with Crippen molar-refractivity contribution < 1.29 is 19.1 Å². The Kier molecular flexibility index (Phi) is 6.96. The van der Waals surface area contributed by atoms with E-state index in [0.29, 0.717) is 41.8 Å². The van der Waals surface area contributed by atoms with Crippen LogP contribution in [0.2, 0.25) is 0 Å². The van der Waals surface area contributed by atoms with Gasteiger partial charge in [0.1, 0.15) is 4.88 Å². The van der Waals surface area contributed by atoms with Gasteiger partial charge in [0.15, 0.2) is 5.13 Å². The van der Waals surface area contributed by atoms with Crippen LogP contribution < -0.4 is 10.6 Å². The fourth-order valence-electron chi connectivity index (χ4n) is 1.42. The molecule has 2 N–H and O–H groups in total. The Hall–Kier alpha value is -1.67. The molecule has 1 rings (SSSR count). The molecule has 7 nitrogen and oxygen atoms in total. The maximum Gasteiger partial charge on any atom is 0.350 e. The first-order chi connectivity index (χ1) is 9.58. The molecule has 0 bridgehead atoms. The SMILES string of the molecule is COCCNC(=O)CCNc1nc(C)c(C(=O)OC)s1. The summed E-state index contributed by atoms with van der Waals surface area (Å²) in [6, 6.07) is 0. The molecule has 112 valence electrons. The summed E-state index contributed by atoms with van der Waals surface area (Å²) in [5, 5.41) is 6.34. The Labute approximate surface area is 121 Å². The lowest BCUT2D eigenvalue weighted by molar-refractivity contribution is -0.121. The minimum atomic E-state index is -0.398. The number of hydrogen-bond donors (Lipinski definition) is 2. The summed E-state index contributed by atoms with van der Waals surface area (Å²) < 4.78 is 9.49. The highest BCUT2D eigenvalue weighted by atomic mass is 32.1. The minimum absolute atomic E-state index is 0.0592. The fraction of sp³-hybridized carbons (Fsp3) is 0.583. The number of nitrogens with zero attached hydrogens (tertiary/aromatic N) is 1. The van der Waals surface area contributed by atoms with E-state index in [2.05, 4.69) is 20.4 Å². The van der Waals surface area contributed by atoms with E-state index < -0.39 is 5.97 Å². The summed E-state index contributed by atoms with van der Waals surface area (Å²) in [7, 11) is 2.91. The van der Waals surface area contributed by atoms with Gasteiger partial charge in [0.25, 0.3) is 0 Å². The molecule has 1 aromatic rings. The van der Waals surface area contributed by atoms with Gasteiger partial charge >= 0.3 is 5.97 Å². The van der Waals surface area contributed by atoms with Crippen LogP contribution in [0.5, 0.6) is 0 Å². The van der Waals surface area contributed by atoms with Gasteiger partial charge in [0, 0.05) is 26.6 Å². The van der Waals surface area contributed by atoms with Crippen LogP contribution in [0.3, 0.4) is 0 Å². The lowest BCUT2D eigenvalue weighted by Gasteiger charge is -2.04. The number of nitrogens with one attached hydrogen (secondary N) is 2. The first-order valence-electron chi connectivity index (χ1n) is 6.13. The predicted octanol–water partition coefficient (Wildman–Crippen LogP) is 0.803. The van der Waals surface area contributed by atoms with Crippen LogP contribution in [-0.4, -0.2) is 50.8 Å². The lowest BCUT2D eigenvalue weighted by atomic mass is 10.4. The molecule has 0 aliphatic carbocycles. The monoisotopic (exact) mass is 301 g/mol. The third-order valence-corrected chi connectivity index (χ3v) is 3.52. The third kappa shape index (κ3) is 5.14. The molecule has 0 unspecified atom stereocenters. The maximum atomic E-state index is 11.4. The Morgan fingerprint density at radius 1 is 1.30 bits per heavy atom. The zero-order valence-electron chi connectivity index (χ0n) is 11.8. The van der Waals surface area contributed by atoms with Crippen molar-refractivity contribution in [2.75, 3.05) is 39.2 Å². The highest BCUT2D eigenvalue weighted by Crippen LogP contribution is 2.22. The fourth-order valence-corrected chi connectivity index (χ4v) is 2.33. The number of amides is 1. The van der Waals surface area contributed by atoms with Crippen LogP contribution in [-0.2, 0) is 14.3 Å². The van der Waals surface area contributed by atoms with Gasteiger partial charge in [-0.3, -0.25) is 4.79 Å². The van der Waals surface area contributed by atoms with Crippen molar-refractivity contribution in [3.8, 4) is 0 Å². The molecule has 0 fully saturated rings. The zero-order valence-corrected chi connectivity index (χ0v) is 12.6. The molecule has 0 aliphatic heterocycles. The van der Waals surface area contributed by atoms with Gasteiger partial charge in [-0.1, -0.05) is 11.3 Å². The largest absolute Gasteiger partial charge is 0.465 e. The highest BCUT2D eigenvalue weighted by molar-refractivity contribution is 7.17. The summed E-state index contributed by atoms with van der Waals surface area (Å²) in [5.74, 6) is -0.457. The summed E-state index contributed by atoms with van der Waals surface area (Å²) in [6.07, 6.45) is 0.329. The molecule has 0 saturated carbocycles. The first-order valence-corrected chi connectivity index (χ1v) is 6.95. The molecule has 1 aromatic heterocycles. The minimum Gasteiger partial charge on any atom is -0.465 e. The number of methoxy groups -OCH3 is 2. The molecule has 0 saturated heterocycles. The standard InChI is InChI=1S/C12H19N3O4S/c1-8-10(11(17)19-3)20-12(15-8)14-5-4-9(16)13-6-7-18-2/h4-7H2,1-3H3,(H,13,16)(H,14,15). The number of aromatic nitrogens is 1. The van der Waals surface area contributed by atoms with E-state index in [-0.39, 0.29) is 5.91 Å². The van der Waals surface area contributed by atoms with Crippen molar-refractivity contribution in [2.24, 2.45) is 0 Å². The average Bonchev–Trinajstić information content (AvgIpc) is 2.79. The molecule has 1 amide bonds. The average molecular weight is 301 g/mol. The van der Waals surface area contributed by atoms with E-state index in [1.165, 1.54) is 18.4 Å². The normalized spacial score (nSPS) is 10.2. The van der Waals surface area contributed by atoms with Crippen molar-refractivity contribution in [1.29, 1.82) is 0 Å². The highest BCUT2D eigenvalue weighted by Gasteiger charge is 2.15. The summed E-state index contributed by atoms with van der Waals surface area (Å²) >= 11 is 1.22. The zero-order chi connectivity index (χ0) is 15.0. The molecular formula is C12H19N3O4S. The quantitative estimate of drug-likeness (QED) is 0.545. The third-order valence-electron chi connectivity index (χ3n) is 2.42. The van der Waals surface area contributed by atoms with Gasteiger partial charge in [-0.2, -0.15) is 0 Å². The van der Waals surface area contributed by atoms with Crippen molar-refractivity contribution in [1.82, 2.24) is 10.3 Å². The number of thiazole rings is 1. The summed E-state index contributed by atoms with van der Waals surface area (Å²) in [4.78, 5) is 27.5. The Balaban J connectivity index is 2.35. The van der Waals surface area contributed by atoms with E-state index >= 15 is 0 Å². The van der Waals surface area contributed by atoms with Crippen molar-refractivity contribution in [2.45, 2.75) is 13.3 Å². The van der Waals surface area contributed by atoms with Crippen LogP contribution in [0.1, 0.15) is 21.8 Å². The number of rotatable bonds is 8. The second-order valence-corrected chi connectivity index (χ2v) is 4.94. The molecule has 0 spiro atoms. The van der Waals surface area contributed by atoms with Crippen molar-refractivity contribution in [3.63, 3.8) is 0 Å². The second kappa shape index (κ2) is 8.49. The number of carbonyl (C=O) groups is 2. The smallest absolute Gasteiger partial charge is 0.350 e. The topological polar surface area (TPSA) is 89.5 Å². The van der Waals surface area contributed by atoms with E-state index in [1.54, 1.807) is 14.0 Å². The molecule has 0 atom stereocenters. The van der Waals surface area contributed by atoms with Gasteiger partial charge in [-0.15, -0.1) is 0 Å². The van der Waals surface area contributed by atoms with Gasteiger partial charge < -0.3 is 20.1 Å². The predicted molar refractivity (Wildman–Crippen MR) is 76.2 cm³/mol. The van der Waals surface area contributed by atoms with E-state index in [0.717, 1.165) is 0 Å². The molecular weight excluding hydrogens is 282 g/mol. The van der Waals surface area contributed by atoms with Gasteiger partial charge in [0.05, 0.1) is 19.4 Å². The van der Waals surface area contributed by atoms with Crippen molar-refractivity contribution >= 4 is 28.3 Å². The number of hydrogen-bond acceptors (Lipinski definition) is 7. The summed E-state index contributed by atoms with van der Waals surface area (Å²) in [5.41, 5.74) is 0.619. The Morgan fingerprint density at radius 2 is 2.05 bits per heavy atom. The number of esters is 1. The summed E-state index contributed by atoms with van der Waals surface area (Å²) in [6.45, 7) is 3.18. The van der Waals surface area contributed by atoms with Crippen molar-refractivity contribution in [3.05, 3.63) is 10.6 Å². The van der Waals surface area contributed by atoms with Gasteiger partial charge in [0.2, 0.25) is 5.91 Å². The Morgan fingerprint density at radius 3 is 2.70 bits per heavy atom. The number of anilines is 1. The number of ether oxygens (including phenoxy) is 2. The van der Waals surface area contributed by atoms with E-state index in [4.69, 9.17) is 4.74 Å². The maximum absolute atomic E-state index is 11.4. The van der Waals surface area contributed by atoms with E-state index in [9.17, 15) is 9.59 Å². The van der Waals surface area contributed by atoms with Crippen LogP contribution in [0.4, 0.5) is 5.13 Å². The lowest BCUT2D eigenvalue weighted by Crippen LogP contribution is -2.28. The molecule has 8 heteroatoms. The van der Waals surface area contributed by atoms with E-state index in [1.807, 2.05) is 0 Å². The number of carbonyl (C=O) groups excluding carboxylic acids is 2. The van der Waals surface area contributed by atoms with Gasteiger partial charge in [-0.25, -0.2) is 9.78 Å². The van der Waals surface area contributed by atoms with Crippen LogP contribution in [0.25, 0.3) is 0 Å². The Bertz CT molecular complexity index is 462. The van der Waals surface area contributed by atoms with Crippen LogP contribution >= 0.6 is 11.3 Å². The molecule has 1 heterocycles. The first kappa shape index (κ1) is 16.4. The molecule has 0 aliphatic rings. The molecule has 0 aromatic carbocycles. The molecule has 20 heavy (non-hydrogen) atoms.